The van der Waals surface area contributed by atoms with E-state index in [2.05, 4.69) is 10.0 Å². The van der Waals surface area contributed by atoms with E-state index in [1.807, 2.05) is 0 Å². The predicted octanol–water partition coefficient (Wildman–Crippen LogP) is 5.88. The summed E-state index contributed by atoms with van der Waals surface area (Å²) in [5.74, 6) is -2.30. The molecule has 3 aromatic carbocycles. The van der Waals surface area contributed by atoms with E-state index in [0.717, 1.165) is 25.9 Å². The number of rotatable bonds is 12. The second-order valence-corrected chi connectivity index (χ2v) is 15.1. The highest BCUT2D eigenvalue weighted by Gasteiger charge is 2.52. The number of fused-ring (bicyclic) bond motifs is 1. The molecule has 6 rings (SSSR count). The van der Waals surface area contributed by atoms with E-state index < -0.39 is 33.8 Å². The minimum absolute atomic E-state index is 0.172. The van der Waals surface area contributed by atoms with Crippen LogP contribution in [0.3, 0.4) is 0 Å². The predicted molar refractivity (Wildman–Crippen MR) is 177 cm³/mol. The summed E-state index contributed by atoms with van der Waals surface area (Å²) in [7, 11) is -3.12. The molecule has 8 nitrogen and oxygen atoms in total. The second kappa shape index (κ2) is 14.4. The summed E-state index contributed by atoms with van der Waals surface area (Å²) in [5, 5.41) is 15.4. The van der Waals surface area contributed by atoms with Crippen LogP contribution in [0.15, 0.2) is 71.6 Å². The zero-order valence-electron chi connectivity index (χ0n) is 26.4. The van der Waals surface area contributed by atoms with Crippen LogP contribution >= 0.6 is 11.6 Å². The highest BCUT2D eigenvalue weighted by atomic mass is 35.5. The summed E-state index contributed by atoms with van der Waals surface area (Å²) in [4.78, 5) is 1.35. The number of nitrogens with zero attached hydrogens (tertiary/aromatic N) is 1. The van der Waals surface area contributed by atoms with Crippen molar-refractivity contribution in [1.29, 1.82) is 0 Å². The maximum atomic E-state index is 16.7. The van der Waals surface area contributed by atoms with Crippen molar-refractivity contribution in [1.82, 2.24) is 14.9 Å². The van der Waals surface area contributed by atoms with Gasteiger partial charge in [-0.05, 0) is 91.7 Å². The number of alkyl halides is 2. The van der Waals surface area contributed by atoms with E-state index in [1.165, 1.54) is 68.8 Å². The van der Waals surface area contributed by atoms with Crippen molar-refractivity contribution in [2.24, 2.45) is 17.8 Å². The lowest BCUT2D eigenvalue weighted by atomic mass is 9.90. The fourth-order valence-electron chi connectivity index (χ4n) is 7.10. The highest BCUT2D eigenvalue weighted by Crippen LogP contribution is 2.41. The molecule has 4 atom stereocenters. The van der Waals surface area contributed by atoms with Crippen LogP contribution in [0.25, 0.3) is 11.1 Å². The quantitative estimate of drug-likeness (QED) is 0.218. The van der Waals surface area contributed by atoms with Crippen molar-refractivity contribution in [3.05, 3.63) is 77.3 Å². The summed E-state index contributed by atoms with van der Waals surface area (Å²) in [6.45, 7) is 2.74. The van der Waals surface area contributed by atoms with Gasteiger partial charge in [0, 0.05) is 29.2 Å². The number of aliphatic hydroxyl groups is 1. The van der Waals surface area contributed by atoms with E-state index >= 15 is 8.78 Å². The van der Waals surface area contributed by atoms with Crippen LogP contribution in [0.4, 0.5) is 8.78 Å². The van der Waals surface area contributed by atoms with Crippen LogP contribution < -0.4 is 19.5 Å². The Balaban J connectivity index is 1.27. The van der Waals surface area contributed by atoms with Gasteiger partial charge in [0.25, 0.3) is 5.92 Å². The Morgan fingerprint density at radius 1 is 1.00 bits per heavy atom. The van der Waals surface area contributed by atoms with Gasteiger partial charge in [-0.2, -0.15) is 13.5 Å². The van der Waals surface area contributed by atoms with Crippen LogP contribution in [0.2, 0.25) is 5.02 Å². The first-order valence-corrected chi connectivity index (χ1v) is 18.1. The lowest BCUT2D eigenvalue weighted by Gasteiger charge is -2.36. The molecule has 2 unspecified atom stereocenters. The average Bonchev–Trinajstić information content (AvgIpc) is 3.70. The maximum absolute atomic E-state index is 16.7. The third-order valence-corrected chi connectivity index (χ3v) is 11.6. The van der Waals surface area contributed by atoms with E-state index in [-0.39, 0.29) is 22.5 Å². The van der Waals surface area contributed by atoms with Crippen molar-refractivity contribution < 1.29 is 31.8 Å². The van der Waals surface area contributed by atoms with Crippen LogP contribution in [0.1, 0.15) is 37.7 Å². The molecule has 47 heavy (non-hydrogen) atoms. The largest absolute Gasteiger partial charge is 0.496 e. The van der Waals surface area contributed by atoms with Crippen molar-refractivity contribution in [3.63, 3.8) is 0 Å². The Morgan fingerprint density at radius 3 is 2.30 bits per heavy atom. The van der Waals surface area contributed by atoms with Crippen LogP contribution in [0, 0.1) is 17.8 Å². The van der Waals surface area contributed by atoms with Gasteiger partial charge in [0.2, 0.25) is 10.0 Å². The number of ether oxygens (including phenoxy) is 2. The van der Waals surface area contributed by atoms with Crippen molar-refractivity contribution in [2.45, 2.75) is 55.2 Å². The highest BCUT2D eigenvalue weighted by molar-refractivity contribution is 7.89. The number of hydrogen-bond acceptors (Lipinski definition) is 7. The second-order valence-electron chi connectivity index (χ2n) is 13.0. The Morgan fingerprint density at radius 2 is 1.66 bits per heavy atom. The molecule has 3 aromatic rings. The molecule has 0 amide bonds. The summed E-state index contributed by atoms with van der Waals surface area (Å²) in [6, 6.07) is 14.4. The normalized spacial score (nSPS) is 22.1. The molecule has 0 aromatic heterocycles. The molecule has 2 aliphatic heterocycles. The molecule has 0 radical (unpaired) electrons. The lowest BCUT2D eigenvalue weighted by molar-refractivity contribution is -0.119. The van der Waals surface area contributed by atoms with Gasteiger partial charge in [-0.3, -0.25) is 4.90 Å². The van der Waals surface area contributed by atoms with Crippen molar-refractivity contribution in [2.75, 3.05) is 39.9 Å². The number of halogens is 3. The van der Waals surface area contributed by atoms with E-state index in [1.54, 1.807) is 29.2 Å². The van der Waals surface area contributed by atoms with E-state index in [9.17, 15) is 13.5 Å². The Bertz CT molecular complexity index is 1610. The third-order valence-electron chi connectivity index (χ3n) is 9.85. The fraction of sp³-hybridized carbons (Fsp3) is 0.486. The zero-order chi connectivity index (χ0) is 33.2. The molecule has 1 aliphatic carbocycles. The van der Waals surface area contributed by atoms with Crippen LogP contribution in [-0.2, 0) is 15.9 Å². The maximum Gasteiger partial charge on any atom is 0.293 e. The van der Waals surface area contributed by atoms with Gasteiger partial charge in [0.1, 0.15) is 23.8 Å². The number of hydrogen-bond donors (Lipinski definition) is 3. The Hall–Kier alpha value is -2.80. The summed E-state index contributed by atoms with van der Waals surface area (Å²) in [6.07, 6.45) is 4.03. The van der Waals surface area contributed by atoms with Gasteiger partial charge in [-0.15, -0.1) is 0 Å². The van der Waals surface area contributed by atoms with Gasteiger partial charge < -0.3 is 19.9 Å². The molecule has 1 saturated carbocycles. The van der Waals surface area contributed by atoms with Gasteiger partial charge in [0.15, 0.2) is 0 Å². The van der Waals surface area contributed by atoms with E-state index in [4.69, 9.17) is 21.1 Å². The monoisotopic (exact) mass is 689 g/mol. The summed E-state index contributed by atoms with van der Waals surface area (Å²) in [5.41, 5.74) is 0.778. The third kappa shape index (κ3) is 7.60. The lowest BCUT2D eigenvalue weighted by Crippen LogP contribution is -2.58. The number of nitrogens with one attached hydrogen (secondary N) is 2. The summed E-state index contributed by atoms with van der Waals surface area (Å²) < 4.78 is 74.3. The van der Waals surface area contributed by atoms with E-state index in [0.29, 0.717) is 47.5 Å². The molecule has 3 N–H and O–H groups in total. The minimum atomic E-state index is -4.50. The van der Waals surface area contributed by atoms with Gasteiger partial charge in [-0.1, -0.05) is 55.1 Å². The average molecular weight is 690 g/mol. The van der Waals surface area contributed by atoms with Crippen LogP contribution in [-0.4, -0.2) is 70.6 Å². The summed E-state index contributed by atoms with van der Waals surface area (Å²) >= 11 is 6.03. The number of likely N-dealkylation sites (tertiary alicyclic amines) is 1. The first-order chi connectivity index (χ1) is 22.5. The molecule has 3 fully saturated rings. The Labute approximate surface area is 280 Å². The molecular formula is C35H42ClF2N3O5S. The first kappa shape index (κ1) is 34.1. The van der Waals surface area contributed by atoms with Gasteiger partial charge >= 0.3 is 0 Å². The molecule has 12 heteroatoms. The SMILES string of the molecule is COc1cc(C(F)(F)C(NS(=O)(=O)c2ccc(OCC3CCCCC3)cc2)C(O)N2C[C@H]3CNC[C@H]3C2)ccc1-c1ccc(Cl)cc1. The molecule has 2 saturated heterocycles. The van der Waals surface area contributed by atoms with Crippen molar-refractivity contribution in [3.8, 4) is 22.6 Å². The first-order valence-electron chi connectivity index (χ1n) is 16.3. The van der Waals surface area contributed by atoms with Gasteiger partial charge in [-0.25, -0.2) is 8.42 Å². The number of benzene rings is 3. The van der Waals surface area contributed by atoms with Crippen molar-refractivity contribution >= 4 is 21.6 Å². The van der Waals surface area contributed by atoms with Gasteiger partial charge in [0.05, 0.1) is 18.6 Å². The molecule has 0 bridgehead atoms. The molecule has 0 spiro atoms. The minimum Gasteiger partial charge on any atom is -0.496 e. The topological polar surface area (TPSA) is 100 Å². The molecule has 2 heterocycles. The number of aliphatic hydroxyl groups excluding tert-OH is 1. The molecule has 3 aliphatic rings. The molecule has 254 valence electrons. The number of methoxy groups -OCH3 is 1. The fourth-order valence-corrected chi connectivity index (χ4v) is 8.47. The zero-order valence-corrected chi connectivity index (χ0v) is 28.0. The smallest absolute Gasteiger partial charge is 0.293 e. The molecular weight excluding hydrogens is 648 g/mol. The Kier molecular flexibility index (Phi) is 10.4. The standard InChI is InChI=1S/C35H42ClF2N3O5S/c1-45-32-17-27(9-16-31(32)24-7-10-28(36)11-8-24)35(37,38)33(34(42)41-20-25-18-39-19-26(25)21-41)40-47(43,44)30-14-12-29(13-15-30)46-22-23-5-3-2-4-6-23/h7-17,23,25-26,33-34,39-40,42H,2-6,18-22H2,1H3/t25-,26+,33?,34?. The van der Waals surface area contributed by atoms with Crippen LogP contribution in [0.5, 0.6) is 11.5 Å². The number of sulfonamides is 1.